The molecule has 0 spiro atoms. The number of hydrogen-bond acceptors (Lipinski definition) is 2. The molecule has 0 amide bonds. The highest BCUT2D eigenvalue weighted by Gasteiger charge is 2.37. The summed E-state index contributed by atoms with van der Waals surface area (Å²) in [5.74, 6) is 0.646. The van der Waals surface area contributed by atoms with E-state index in [9.17, 15) is 0 Å². The summed E-state index contributed by atoms with van der Waals surface area (Å²) in [5, 5.41) is 2.63. The van der Waals surface area contributed by atoms with Crippen LogP contribution in [0, 0.1) is 0 Å². The summed E-state index contributed by atoms with van der Waals surface area (Å²) in [7, 11) is 0. The molecule has 0 saturated carbocycles. The van der Waals surface area contributed by atoms with Crippen molar-refractivity contribution in [3.05, 3.63) is 120 Å². The van der Waals surface area contributed by atoms with Gasteiger partial charge in [0.15, 0.2) is 5.58 Å². The van der Waals surface area contributed by atoms with Crippen LogP contribution in [0.25, 0.3) is 61.2 Å². The second-order valence-electron chi connectivity index (χ2n) is 10.4. The van der Waals surface area contributed by atoms with Gasteiger partial charge in [0.05, 0.1) is 11.0 Å². The van der Waals surface area contributed by atoms with E-state index in [2.05, 4.69) is 108 Å². The zero-order chi connectivity index (χ0) is 24.7. The van der Waals surface area contributed by atoms with Gasteiger partial charge in [-0.05, 0) is 70.8 Å². The van der Waals surface area contributed by atoms with Crippen LogP contribution in [0.1, 0.15) is 25.0 Å². The van der Waals surface area contributed by atoms with Gasteiger partial charge in [0, 0.05) is 27.4 Å². The topological polar surface area (TPSA) is 31.0 Å². The lowest BCUT2D eigenvalue weighted by molar-refractivity contribution is 0.620. The number of hydrogen-bond donors (Lipinski definition) is 0. The monoisotopic (exact) mass is 476 g/mol. The number of para-hydroxylation sites is 3. The molecule has 3 nitrogen and oxygen atoms in total. The first-order valence-corrected chi connectivity index (χ1v) is 12.7. The van der Waals surface area contributed by atoms with Crippen molar-refractivity contribution < 1.29 is 4.42 Å². The van der Waals surface area contributed by atoms with Crippen LogP contribution in [-0.2, 0) is 5.41 Å². The van der Waals surface area contributed by atoms with E-state index in [4.69, 9.17) is 4.42 Å². The Morgan fingerprint density at radius 2 is 1.43 bits per heavy atom. The molecule has 5 aromatic carbocycles. The van der Waals surface area contributed by atoms with Crippen molar-refractivity contribution in [1.82, 2.24) is 9.55 Å². The van der Waals surface area contributed by atoms with Gasteiger partial charge in [-0.1, -0.05) is 74.5 Å². The van der Waals surface area contributed by atoms with Crippen molar-refractivity contribution >= 4 is 32.9 Å². The number of benzene rings is 5. The largest absolute Gasteiger partial charge is 0.436 e. The smallest absolute Gasteiger partial charge is 0.227 e. The van der Waals surface area contributed by atoms with Crippen molar-refractivity contribution in [2.24, 2.45) is 0 Å². The molecule has 0 N–H and O–H groups in total. The highest BCUT2D eigenvalue weighted by Crippen LogP contribution is 2.53. The summed E-state index contributed by atoms with van der Waals surface area (Å²) in [6.45, 7) is 4.72. The van der Waals surface area contributed by atoms with Crippen LogP contribution in [0.5, 0.6) is 0 Å². The van der Waals surface area contributed by atoms with Gasteiger partial charge in [-0.25, -0.2) is 4.98 Å². The van der Waals surface area contributed by atoms with Gasteiger partial charge >= 0.3 is 0 Å². The summed E-state index contributed by atoms with van der Waals surface area (Å²) < 4.78 is 8.40. The zero-order valence-electron chi connectivity index (χ0n) is 20.7. The van der Waals surface area contributed by atoms with Gasteiger partial charge in [0.1, 0.15) is 5.52 Å². The van der Waals surface area contributed by atoms with E-state index in [1.807, 2.05) is 24.3 Å². The first-order valence-electron chi connectivity index (χ1n) is 12.7. The Labute approximate surface area is 214 Å². The van der Waals surface area contributed by atoms with Crippen molar-refractivity contribution in [1.29, 1.82) is 0 Å². The highest BCUT2D eigenvalue weighted by atomic mass is 16.3. The van der Waals surface area contributed by atoms with Crippen molar-refractivity contribution in [2.75, 3.05) is 0 Å². The third-order valence-corrected chi connectivity index (χ3v) is 8.02. The fourth-order valence-corrected chi connectivity index (χ4v) is 6.36. The molecule has 3 heteroatoms. The average Bonchev–Trinajstić information content (AvgIpc) is 3.58. The van der Waals surface area contributed by atoms with Crippen LogP contribution >= 0.6 is 0 Å². The van der Waals surface area contributed by atoms with Crippen LogP contribution in [0.15, 0.2) is 114 Å². The Balaban J connectivity index is 1.36. The summed E-state index contributed by atoms with van der Waals surface area (Å²) in [5.41, 5.74) is 11.7. The molecule has 7 aromatic rings. The quantitative estimate of drug-likeness (QED) is 0.249. The molecule has 37 heavy (non-hydrogen) atoms. The molecule has 0 bridgehead atoms. The third-order valence-electron chi connectivity index (χ3n) is 8.02. The molecule has 176 valence electrons. The van der Waals surface area contributed by atoms with Crippen molar-refractivity contribution in [2.45, 2.75) is 19.3 Å². The molecule has 2 aromatic heterocycles. The van der Waals surface area contributed by atoms with Crippen molar-refractivity contribution in [3.8, 4) is 28.3 Å². The minimum absolute atomic E-state index is 0.0722. The first kappa shape index (κ1) is 20.6. The minimum atomic E-state index is -0.0722. The Hall–Kier alpha value is -4.63. The molecule has 0 fully saturated rings. The van der Waals surface area contributed by atoms with E-state index in [1.54, 1.807) is 0 Å². The molecule has 8 rings (SSSR count). The van der Waals surface area contributed by atoms with E-state index in [1.165, 1.54) is 44.1 Å². The maximum absolute atomic E-state index is 6.01. The first-order chi connectivity index (χ1) is 18.1. The number of aromatic nitrogens is 2. The fourth-order valence-electron chi connectivity index (χ4n) is 6.36. The summed E-state index contributed by atoms with van der Waals surface area (Å²) >= 11 is 0. The van der Waals surface area contributed by atoms with Crippen molar-refractivity contribution in [3.63, 3.8) is 0 Å². The number of oxazole rings is 1. The van der Waals surface area contributed by atoms with Gasteiger partial charge in [-0.2, -0.15) is 0 Å². The predicted octanol–water partition coefficient (Wildman–Crippen LogP) is 8.90. The molecule has 0 atom stereocenters. The third kappa shape index (κ3) is 2.74. The number of rotatable bonds is 2. The molecule has 0 radical (unpaired) electrons. The molecule has 1 aliphatic carbocycles. The summed E-state index contributed by atoms with van der Waals surface area (Å²) in [4.78, 5) is 4.68. The molecular formula is C34H24N2O. The van der Waals surface area contributed by atoms with Gasteiger partial charge in [-0.3, -0.25) is 0 Å². The zero-order valence-corrected chi connectivity index (χ0v) is 20.7. The standard InChI is InChI=1S/C34H24N2O/c1-34(2)26-11-5-3-9-23(26)24-19-20-29-31(32(24)34)25-10-4-7-13-28(25)36(29)22-17-15-21(16-18-22)33-35-27-12-6-8-14-30(27)37-33/h3-20H,1-2H3. The van der Waals surface area contributed by atoms with Gasteiger partial charge in [0.2, 0.25) is 5.89 Å². The van der Waals surface area contributed by atoms with Gasteiger partial charge in [-0.15, -0.1) is 0 Å². The second-order valence-corrected chi connectivity index (χ2v) is 10.4. The Morgan fingerprint density at radius 1 is 0.676 bits per heavy atom. The number of fused-ring (bicyclic) bond motifs is 8. The van der Waals surface area contributed by atoms with Crippen LogP contribution in [0.3, 0.4) is 0 Å². The lowest BCUT2D eigenvalue weighted by Gasteiger charge is -2.22. The minimum Gasteiger partial charge on any atom is -0.436 e. The van der Waals surface area contributed by atoms with Crippen LogP contribution in [0.2, 0.25) is 0 Å². The Morgan fingerprint density at radius 3 is 2.30 bits per heavy atom. The van der Waals surface area contributed by atoms with E-state index in [-0.39, 0.29) is 5.41 Å². The predicted molar refractivity (Wildman–Crippen MR) is 151 cm³/mol. The van der Waals surface area contributed by atoms with Gasteiger partial charge in [0.25, 0.3) is 0 Å². The Kier molecular flexibility index (Phi) is 4.00. The normalized spacial score (nSPS) is 13.9. The lowest BCUT2D eigenvalue weighted by Crippen LogP contribution is -2.15. The Bertz CT molecular complexity index is 1970. The molecular weight excluding hydrogens is 452 g/mol. The van der Waals surface area contributed by atoms with Gasteiger partial charge < -0.3 is 8.98 Å². The molecule has 2 heterocycles. The molecule has 1 aliphatic rings. The lowest BCUT2D eigenvalue weighted by atomic mass is 9.80. The fraction of sp³-hybridized carbons (Fsp3) is 0.0882. The number of nitrogens with zero attached hydrogens (tertiary/aromatic N) is 2. The maximum Gasteiger partial charge on any atom is 0.227 e. The van der Waals surface area contributed by atoms with E-state index in [0.29, 0.717) is 5.89 Å². The van der Waals surface area contributed by atoms with Crippen LogP contribution in [-0.4, -0.2) is 9.55 Å². The van der Waals surface area contributed by atoms with E-state index >= 15 is 0 Å². The average molecular weight is 477 g/mol. The van der Waals surface area contributed by atoms with Crippen LogP contribution in [0.4, 0.5) is 0 Å². The molecule has 0 saturated heterocycles. The van der Waals surface area contributed by atoms with E-state index in [0.717, 1.165) is 22.4 Å². The van der Waals surface area contributed by atoms with E-state index < -0.39 is 0 Å². The summed E-state index contributed by atoms with van der Waals surface area (Å²) in [6, 6.07) is 38.7. The maximum atomic E-state index is 6.01. The highest BCUT2D eigenvalue weighted by molar-refractivity contribution is 6.14. The summed E-state index contributed by atoms with van der Waals surface area (Å²) in [6.07, 6.45) is 0. The molecule has 0 aliphatic heterocycles. The molecule has 0 unspecified atom stereocenters. The second kappa shape index (κ2) is 7.21. The SMILES string of the molecule is CC1(C)c2ccccc2-c2ccc3c(c21)c1ccccc1n3-c1ccc(-c2nc3ccccc3o2)cc1. The van der Waals surface area contributed by atoms with Crippen LogP contribution < -0.4 is 0 Å².